The Morgan fingerprint density at radius 1 is 1.50 bits per heavy atom. The molecule has 1 aromatic rings. The fraction of sp³-hybridized carbons (Fsp3) is 0.615. The molecule has 1 heterocycles. The van der Waals surface area contributed by atoms with Gasteiger partial charge in [0.2, 0.25) is 0 Å². The smallest absolute Gasteiger partial charge is 0.254 e. The summed E-state index contributed by atoms with van der Waals surface area (Å²) >= 11 is 0. The lowest BCUT2D eigenvalue weighted by atomic mass is 10.2. The lowest BCUT2D eigenvalue weighted by molar-refractivity contribution is 0.0894. The standard InChI is InChI=1S/C13H19N3O2/c1-3-11(8-18-2)16-13(17)10-6-14-12(15-7-10)9-4-5-9/h6-7,9,11H,3-5,8H2,1-2H3,(H,16,17)/t11-/m1/s1. The van der Waals surface area contributed by atoms with Gasteiger partial charge in [0.25, 0.3) is 5.91 Å². The zero-order valence-electron chi connectivity index (χ0n) is 10.8. The van der Waals surface area contributed by atoms with Gasteiger partial charge in [-0.05, 0) is 19.3 Å². The minimum absolute atomic E-state index is 0.0330. The molecule has 0 spiro atoms. The summed E-state index contributed by atoms with van der Waals surface area (Å²) in [6.07, 6.45) is 6.38. The van der Waals surface area contributed by atoms with Gasteiger partial charge in [-0.2, -0.15) is 0 Å². The van der Waals surface area contributed by atoms with Crippen LogP contribution < -0.4 is 5.32 Å². The Labute approximate surface area is 107 Å². The summed E-state index contributed by atoms with van der Waals surface area (Å²) in [5, 5.41) is 2.90. The zero-order valence-corrected chi connectivity index (χ0v) is 10.8. The van der Waals surface area contributed by atoms with Crippen molar-refractivity contribution in [1.82, 2.24) is 15.3 Å². The molecule has 1 aliphatic rings. The van der Waals surface area contributed by atoms with Crippen molar-refractivity contribution in [2.45, 2.75) is 38.1 Å². The van der Waals surface area contributed by atoms with Crippen molar-refractivity contribution < 1.29 is 9.53 Å². The van der Waals surface area contributed by atoms with E-state index in [9.17, 15) is 4.79 Å². The normalized spacial score (nSPS) is 16.3. The Morgan fingerprint density at radius 3 is 2.67 bits per heavy atom. The van der Waals surface area contributed by atoms with Gasteiger partial charge in [0.05, 0.1) is 18.2 Å². The fourth-order valence-corrected chi connectivity index (χ4v) is 1.74. The second-order valence-electron chi connectivity index (χ2n) is 4.64. The Hall–Kier alpha value is -1.49. The van der Waals surface area contributed by atoms with Crippen LogP contribution in [0.3, 0.4) is 0 Å². The number of nitrogens with one attached hydrogen (secondary N) is 1. The zero-order chi connectivity index (χ0) is 13.0. The second-order valence-corrected chi connectivity index (χ2v) is 4.64. The number of carbonyl (C=O) groups is 1. The maximum Gasteiger partial charge on any atom is 0.254 e. The van der Waals surface area contributed by atoms with E-state index in [1.165, 1.54) is 0 Å². The van der Waals surface area contributed by atoms with Crippen LogP contribution in [-0.2, 0) is 4.74 Å². The minimum Gasteiger partial charge on any atom is -0.383 e. The van der Waals surface area contributed by atoms with Crippen LogP contribution in [0.25, 0.3) is 0 Å². The van der Waals surface area contributed by atoms with E-state index in [4.69, 9.17) is 4.74 Å². The monoisotopic (exact) mass is 249 g/mol. The van der Waals surface area contributed by atoms with Gasteiger partial charge in [-0.3, -0.25) is 4.79 Å². The Morgan fingerprint density at radius 2 is 2.17 bits per heavy atom. The molecule has 1 N–H and O–H groups in total. The van der Waals surface area contributed by atoms with Crippen LogP contribution in [0.15, 0.2) is 12.4 Å². The number of carbonyl (C=O) groups excluding carboxylic acids is 1. The summed E-state index contributed by atoms with van der Waals surface area (Å²) in [7, 11) is 1.63. The first-order valence-corrected chi connectivity index (χ1v) is 6.36. The Balaban J connectivity index is 1.94. The third-order valence-electron chi connectivity index (χ3n) is 3.07. The second kappa shape index (κ2) is 5.91. The molecule has 0 radical (unpaired) electrons. The van der Waals surface area contributed by atoms with Gasteiger partial charge in [0.1, 0.15) is 5.82 Å². The highest BCUT2D eigenvalue weighted by molar-refractivity contribution is 5.93. The predicted molar refractivity (Wildman–Crippen MR) is 67.4 cm³/mol. The maximum absolute atomic E-state index is 11.9. The van der Waals surface area contributed by atoms with Gasteiger partial charge in [-0.1, -0.05) is 6.92 Å². The molecule has 98 valence electrons. The average Bonchev–Trinajstić information content (AvgIpc) is 3.22. The largest absolute Gasteiger partial charge is 0.383 e. The van der Waals surface area contributed by atoms with E-state index in [0.29, 0.717) is 18.1 Å². The number of hydrogen-bond acceptors (Lipinski definition) is 4. The van der Waals surface area contributed by atoms with E-state index in [1.54, 1.807) is 19.5 Å². The summed E-state index contributed by atoms with van der Waals surface area (Å²) in [5.41, 5.74) is 0.508. The Bertz CT molecular complexity index is 401. The van der Waals surface area contributed by atoms with E-state index < -0.39 is 0 Å². The molecule has 1 saturated carbocycles. The molecule has 0 aliphatic heterocycles. The van der Waals surface area contributed by atoms with E-state index in [1.807, 2.05) is 6.92 Å². The highest BCUT2D eigenvalue weighted by atomic mass is 16.5. The molecule has 2 rings (SSSR count). The molecule has 1 atom stereocenters. The molecule has 5 heteroatoms. The summed E-state index contributed by atoms with van der Waals surface area (Å²) in [6.45, 7) is 2.53. The predicted octanol–water partition coefficient (Wildman–Crippen LogP) is 1.51. The molecule has 1 amide bonds. The number of methoxy groups -OCH3 is 1. The number of rotatable bonds is 6. The third-order valence-corrected chi connectivity index (χ3v) is 3.07. The van der Waals surface area contributed by atoms with Gasteiger partial charge in [0, 0.05) is 25.4 Å². The molecule has 0 aromatic carbocycles. The molecule has 5 nitrogen and oxygen atoms in total. The van der Waals surface area contributed by atoms with E-state index in [-0.39, 0.29) is 11.9 Å². The van der Waals surface area contributed by atoms with Crippen molar-refractivity contribution in [3.63, 3.8) is 0 Å². The number of ether oxygens (including phenoxy) is 1. The molecule has 0 saturated heterocycles. The Kier molecular flexibility index (Phi) is 4.25. The van der Waals surface area contributed by atoms with Crippen molar-refractivity contribution in [3.8, 4) is 0 Å². The molecule has 1 aromatic heterocycles. The van der Waals surface area contributed by atoms with Gasteiger partial charge < -0.3 is 10.1 Å². The lowest BCUT2D eigenvalue weighted by Gasteiger charge is -2.15. The first-order chi connectivity index (χ1) is 8.74. The summed E-state index contributed by atoms with van der Waals surface area (Å²) < 4.78 is 5.04. The molecule has 0 bridgehead atoms. The third kappa shape index (κ3) is 3.26. The van der Waals surface area contributed by atoms with Crippen molar-refractivity contribution in [1.29, 1.82) is 0 Å². The van der Waals surface area contributed by atoms with Crippen LogP contribution in [0.5, 0.6) is 0 Å². The van der Waals surface area contributed by atoms with Crippen LogP contribution in [0, 0.1) is 0 Å². The van der Waals surface area contributed by atoms with Crippen molar-refractivity contribution in [2.24, 2.45) is 0 Å². The SMILES string of the molecule is CC[C@H](COC)NC(=O)c1cnc(C2CC2)nc1. The first kappa shape index (κ1) is 13.0. The van der Waals surface area contributed by atoms with Crippen LogP contribution in [-0.4, -0.2) is 35.6 Å². The first-order valence-electron chi connectivity index (χ1n) is 6.36. The minimum atomic E-state index is -0.138. The van der Waals surface area contributed by atoms with Crippen molar-refractivity contribution in [3.05, 3.63) is 23.8 Å². The van der Waals surface area contributed by atoms with Crippen molar-refractivity contribution >= 4 is 5.91 Å². The summed E-state index contributed by atoms with van der Waals surface area (Å²) in [6, 6.07) is 0.0330. The summed E-state index contributed by atoms with van der Waals surface area (Å²) in [4.78, 5) is 20.4. The summed E-state index contributed by atoms with van der Waals surface area (Å²) in [5.74, 6) is 1.23. The van der Waals surface area contributed by atoms with Gasteiger partial charge in [0.15, 0.2) is 0 Å². The number of aromatic nitrogens is 2. The van der Waals surface area contributed by atoms with Gasteiger partial charge >= 0.3 is 0 Å². The number of amides is 1. The van der Waals surface area contributed by atoms with Crippen LogP contribution in [0.1, 0.15) is 48.3 Å². The molecule has 1 aliphatic carbocycles. The van der Waals surface area contributed by atoms with E-state index in [2.05, 4.69) is 15.3 Å². The fourth-order valence-electron chi connectivity index (χ4n) is 1.74. The van der Waals surface area contributed by atoms with E-state index in [0.717, 1.165) is 25.1 Å². The van der Waals surface area contributed by atoms with E-state index >= 15 is 0 Å². The number of nitrogens with zero attached hydrogens (tertiary/aromatic N) is 2. The van der Waals surface area contributed by atoms with Crippen molar-refractivity contribution in [2.75, 3.05) is 13.7 Å². The highest BCUT2D eigenvalue weighted by Gasteiger charge is 2.26. The van der Waals surface area contributed by atoms with Crippen LogP contribution in [0.2, 0.25) is 0 Å². The molecule has 1 fully saturated rings. The van der Waals surface area contributed by atoms with Gasteiger partial charge in [-0.25, -0.2) is 9.97 Å². The molecular weight excluding hydrogens is 230 g/mol. The van der Waals surface area contributed by atoms with Gasteiger partial charge in [-0.15, -0.1) is 0 Å². The molecule has 18 heavy (non-hydrogen) atoms. The average molecular weight is 249 g/mol. The molecule has 0 unspecified atom stereocenters. The number of hydrogen-bond donors (Lipinski definition) is 1. The van der Waals surface area contributed by atoms with Crippen LogP contribution >= 0.6 is 0 Å². The topological polar surface area (TPSA) is 64.1 Å². The molecular formula is C13H19N3O2. The maximum atomic E-state index is 11.9. The highest BCUT2D eigenvalue weighted by Crippen LogP contribution is 2.37. The lowest BCUT2D eigenvalue weighted by Crippen LogP contribution is -2.37. The van der Waals surface area contributed by atoms with Crippen LogP contribution in [0.4, 0.5) is 0 Å². The quantitative estimate of drug-likeness (QED) is 0.830.